The minimum atomic E-state index is -0.957. The Balaban J connectivity index is 2.02. The van der Waals surface area contributed by atoms with Crippen LogP contribution < -0.4 is 9.47 Å². The molecule has 0 aliphatic heterocycles. The van der Waals surface area contributed by atoms with Crippen LogP contribution in [-0.2, 0) is 16.6 Å². The van der Waals surface area contributed by atoms with Gasteiger partial charge in [-0.05, 0) is 50.2 Å². The van der Waals surface area contributed by atoms with Gasteiger partial charge in [0.1, 0.15) is 0 Å². The first kappa shape index (κ1) is 15.7. The maximum Gasteiger partial charge on any atom is 0.305 e. The van der Waals surface area contributed by atoms with Gasteiger partial charge in [-0.3, -0.25) is 4.79 Å². The van der Waals surface area contributed by atoms with Crippen molar-refractivity contribution in [1.82, 2.24) is 0 Å². The maximum absolute atomic E-state index is 11.2. The SMILES string of the molecule is COc1ccc2c(c1OC1CCCC1)CCC2(C#N)CC(=O)O. The van der Waals surface area contributed by atoms with Crippen LogP contribution >= 0.6 is 0 Å². The quantitative estimate of drug-likeness (QED) is 0.902. The van der Waals surface area contributed by atoms with Gasteiger partial charge in [0.25, 0.3) is 0 Å². The number of fused-ring (bicyclic) bond motifs is 1. The number of benzene rings is 1. The summed E-state index contributed by atoms with van der Waals surface area (Å²) >= 11 is 0. The molecular formula is C18H21NO4. The summed E-state index contributed by atoms with van der Waals surface area (Å²) in [6.07, 6.45) is 5.58. The largest absolute Gasteiger partial charge is 0.493 e. The van der Waals surface area contributed by atoms with E-state index >= 15 is 0 Å². The standard InChI is InChI=1S/C18H21NO4/c1-22-15-7-6-14-13(17(15)23-12-4-2-3-5-12)8-9-18(14,11-19)10-16(20)21/h6-7,12H,2-5,8-10H2,1H3,(H,20,21). The van der Waals surface area contributed by atoms with Crippen molar-refractivity contribution in [3.05, 3.63) is 23.3 Å². The number of nitrogens with zero attached hydrogens (tertiary/aromatic N) is 1. The van der Waals surface area contributed by atoms with E-state index in [0.717, 1.165) is 24.0 Å². The molecule has 1 fully saturated rings. The zero-order valence-corrected chi connectivity index (χ0v) is 13.3. The van der Waals surface area contributed by atoms with Crippen LogP contribution in [0.4, 0.5) is 0 Å². The van der Waals surface area contributed by atoms with Gasteiger partial charge in [0, 0.05) is 5.56 Å². The molecule has 0 amide bonds. The second kappa shape index (κ2) is 6.11. The summed E-state index contributed by atoms with van der Waals surface area (Å²) in [7, 11) is 1.60. The summed E-state index contributed by atoms with van der Waals surface area (Å²) in [5.41, 5.74) is 0.775. The highest BCUT2D eigenvalue weighted by Crippen LogP contribution is 2.48. The van der Waals surface area contributed by atoms with E-state index in [9.17, 15) is 15.2 Å². The van der Waals surface area contributed by atoms with Crippen LogP contribution in [0, 0.1) is 11.3 Å². The second-order valence-electron chi connectivity index (χ2n) is 6.41. The van der Waals surface area contributed by atoms with Gasteiger partial charge in [-0.1, -0.05) is 6.07 Å². The van der Waals surface area contributed by atoms with E-state index in [1.54, 1.807) is 13.2 Å². The van der Waals surface area contributed by atoms with Gasteiger partial charge in [-0.2, -0.15) is 5.26 Å². The molecule has 1 unspecified atom stereocenters. The van der Waals surface area contributed by atoms with Gasteiger partial charge in [0.05, 0.1) is 31.1 Å². The van der Waals surface area contributed by atoms with E-state index < -0.39 is 11.4 Å². The van der Waals surface area contributed by atoms with Gasteiger partial charge in [0.2, 0.25) is 0 Å². The first-order chi connectivity index (χ1) is 11.1. The smallest absolute Gasteiger partial charge is 0.305 e. The fourth-order valence-electron chi connectivity index (χ4n) is 3.84. The van der Waals surface area contributed by atoms with Crippen LogP contribution in [0.3, 0.4) is 0 Å². The third kappa shape index (κ3) is 2.74. The molecule has 0 saturated heterocycles. The predicted molar refractivity (Wildman–Crippen MR) is 83.7 cm³/mol. The number of hydrogen-bond acceptors (Lipinski definition) is 4. The molecule has 1 aromatic rings. The third-order valence-electron chi connectivity index (χ3n) is 5.02. The second-order valence-corrected chi connectivity index (χ2v) is 6.41. The molecule has 23 heavy (non-hydrogen) atoms. The first-order valence-electron chi connectivity index (χ1n) is 8.09. The Labute approximate surface area is 135 Å². The Kier molecular flexibility index (Phi) is 4.16. The van der Waals surface area contributed by atoms with E-state index in [0.29, 0.717) is 24.3 Å². The zero-order valence-electron chi connectivity index (χ0n) is 13.3. The van der Waals surface area contributed by atoms with Crippen LogP contribution in [0.15, 0.2) is 12.1 Å². The van der Waals surface area contributed by atoms with Gasteiger partial charge in [-0.25, -0.2) is 0 Å². The fraction of sp³-hybridized carbons (Fsp3) is 0.556. The molecule has 122 valence electrons. The summed E-state index contributed by atoms with van der Waals surface area (Å²) in [5.74, 6) is 0.424. The lowest BCUT2D eigenvalue weighted by molar-refractivity contribution is -0.138. The minimum Gasteiger partial charge on any atom is -0.493 e. The molecule has 2 aliphatic carbocycles. The highest BCUT2D eigenvalue weighted by molar-refractivity contribution is 5.72. The van der Waals surface area contributed by atoms with Crippen LogP contribution in [0.1, 0.15) is 49.7 Å². The Morgan fingerprint density at radius 3 is 2.78 bits per heavy atom. The predicted octanol–water partition coefficient (Wildman–Crippen LogP) is 3.20. The number of ether oxygens (including phenoxy) is 2. The van der Waals surface area contributed by atoms with Crippen molar-refractivity contribution in [2.75, 3.05) is 7.11 Å². The molecule has 5 heteroatoms. The summed E-state index contributed by atoms with van der Waals surface area (Å²) in [6.45, 7) is 0. The van der Waals surface area contributed by atoms with Crippen molar-refractivity contribution in [3.8, 4) is 17.6 Å². The van der Waals surface area contributed by atoms with E-state index in [1.807, 2.05) is 6.07 Å². The van der Waals surface area contributed by atoms with Crippen molar-refractivity contribution < 1.29 is 19.4 Å². The van der Waals surface area contributed by atoms with Gasteiger partial charge in [0.15, 0.2) is 11.5 Å². The van der Waals surface area contributed by atoms with Gasteiger partial charge < -0.3 is 14.6 Å². The Bertz CT molecular complexity index is 658. The summed E-state index contributed by atoms with van der Waals surface area (Å²) < 4.78 is 11.6. The molecule has 3 rings (SSSR count). The Morgan fingerprint density at radius 2 is 2.17 bits per heavy atom. The summed E-state index contributed by atoms with van der Waals surface area (Å²) in [6, 6.07) is 5.87. The average molecular weight is 315 g/mol. The molecule has 1 saturated carbocycles. The summed E-state index contributed by atoms with van der Waals surface area (Å²) in [5, 5.41) is 18.8. The van der Waals surface area contributed by atoms with Crippen molar-refractivity contribution >= 4 is 5.97 Å². The number of carbonyl (C=O) groups is 1. The van der Waals surface area contributed by atoms with Gasteiger partial charge >= 0.3 is 5.97 Å². The number of carboxylic acid groups (broad SMARTS) is 1. The van der Waals surface area contributed by atoms with Gasteiger partial charge in [-0.15, -0.1) is 0 Å². The number of aliphatic carboxylic acids is 1. The zero-order chi connectivity index (χ0) is 16.4. The van der Waals surface area contributed by atoms with E-state index in [2.05, 4.69) is 6.07 Å². The summed E-state index contributed by atoms with van der Waals surface area (Å²) in [4.78, 5) is 11.2. The number of hydrogen-bond donors (Lipinski definition) is 1. The van der Waals surface area contributed by atoms with Crippen molar-refractivity contribution in [3.63, 3.8) is 0 Å². The number of nitriles is 1. The molecule has 0 heterocycles. The Morgan fingerprint density at radius 1 is 1.43 bits per heavy atom. The topological polar surface area (TPSA) is 79.5 Å². The molecule has 1 atom stereocenters. The lowest BCUT2D eigenvalue weighted by Crippen LogP contribution is -2.24. The maximum atomic E-state index is 11.2. The number of rotatable bonds is 5. The monoisotopic (exact) mass is 315 g/mol. The van der Waals surface area contributed by atoms with Crippen LogP contribution in [0.25, 0.3) is 0 Å². The van der Waals surface area contributed by atoms with Crippen LogP contribution in [0.5, 0.6) is 11.5 Å². The molecule has 0 bridgehead atoms. The molecular weight excluding hydrogens is 294 g/mol. The minimum absolute atomic E-state index is 0.175. The Hall–Kier alpha value is -2.22. The highest BCUT2D eigenvalue weighted by Gasteiger charge is 2.43. The molecule has 2 aliphatic rings. The first-order valence-corrected chi connectivity index (χ1v) is 8.09. The molecule has 5 nitrogen and oxygen atoms in total. The normalized spacial score (nSPS) is 23.3. The molecule has 1 N–H and O–H groups in total. The lowest BCUT2D eigenvalue weighted by Gasteiger charge is -2.22. The van der Waals surface area contributed by atoms with E-state index in [-0.39, 0.29) is 12.5 Å². The number of methoxy groups -OCH3 is 1. The average Bonchev–Trinajstić information content (AvgIpc) is 3.16. The molecule has 0 spiro atoms. The number of carboxylic acids is 1. The van der Waals surface area contributed by atoms with E-state index in [4.69, 9.17) is 9.47 Å². The third-order valence-corrected chi connectivity index (χ3v) is 5.02. The van der Waals surface area contributed by atoms with Crippen LogP contribution in [0.2, 0.25) is 0 Å². The molecule has 0 aromatic heterocycles. The van der Waals surface area contributed by atoms with Crippen molar-refractivity contribution in [2.24, 2.45) is 0 Å². The van der Waals surface area contributed by atoms with Crippen molar-refractivity contribution in [2.45, 2.75) is 56.5 Å². The lowest BCUT2D eigenvalue weighted by atomic mass is 9.80. The molecule has 1 aromatic carbocycles. The van der Waals surface area contributed by atoms with Crippen molar-refractivity contribution in [1.29, 1.82) is 5.26 Å². The fourth-order valence-corrected chi connectivity index (χ4v) is 3.84. The molecule has 0 radical (unpaired) electrons. The van der Waals surface area contributed by atoms with Crippen LogP contribution in [-0.4, -0.2) is 24.3 Å². The highest BCUT2D eigenvalue weighted by atomic mass is 16.5. The van der Waals surface area contributed by atoms with E-state index in [1.165, 1.54) is 12.8 Å².